The second-order valence-electron chi connectivity index (χ2n) is 2.05. The van der Waals surface area contributed by atoms with Gasteiger partial charge in [0, 0.05) is 11.7 Å². The molecule has 0 amide bonds. The van der Waals surface area contributed by atoms with Gasteiger partial charge in [-0.15, -0.1) is 0 Å². The van der Waals surface area contributed by atoms with Crippen LogP contribution >= 0.6 is 11.6 Å². The SMILES string of the molecule is C[C@@H](N)c1ccc(Cl)[nH]1. The number of hydrogen-bond donors (Lipinski definition) is 2. The van der Waals surface area contributed by atoms with Gasteiger partial charge in [-0.05, 0) is 19.1 Å². The Kier molecular flexibility index (Phi) is 1.78. The maximum Gasteiger partial charge on any atom is 0.106 e. The van der Waals surface area contributed by atoms with Crippen LogP contribution < -0.4 is 5.73 Å². The summed E-state index contributed by atoms with van der Waals surface area (Å²) < 4.78 is 0. The highest BCUT2D eigenvalue weighted by molar-refractivity contribution is 6.29. The lowest BCUT2D eigenvalue weighted by atomic mass is 10.3. The van der Waals surface area contributed by atoms with Crippen LogP contribution in [0.3, 0.4) is 0 Å². The molecule has 9 heavy (non-hydrogen) atoms. The molecule has 3 N–H and O–H groups in total. The summed E-state index contributed by atoms with van der Waals surface area (Å²) in [5.41, 5.74) is 6.51. The molecule has 0 aliphatic heterocycles. The molecule has 50 valence electrons. The van der Waals surface area contributed by atoms with Crippen molar-refractivity contribution in [1.29, 1.82) is 0 Å². The van der Waals surface area contributed by atoms with Crippen molar-refractivity contribution >= 4 is 11.6 Å². The molecule has 0 bridgehead atoms. The van der Waals surface area contributed by atoms with Gasteiger partial charge in [-0.1, -0.05) is 11.6 Å². The average molecular weight is 145 g/mol. The third-order valence-corrected chi connectivity index (χ3v) is 1.38. The Balaban J connectivity index is 2.85. The summed E-state index contributed by atoms with van der Waals surface area (Å²) >= 11 is 5.59. The van der Waals surface area contributed by atoms with Crippen molar-refractivity contribution in [2.24, 2.45) is 5.73 Å². The molecule has 2 nitrogen and oxygen atoms in total. The molecule has 0 saturated carbocycles. The molecule has 0 saturated heterocycles. The number of nitrogens with two attached hydrogens (primary N) is 1. The summed E-state index contributed by atoms with van der Waals surface area (Å²) in [7, 11) is 0. The van der Waals surface area contributed by atoms with E-state index in [4.69, 9.17) is 17.3 Å². The zero-order valence-electron chi connectivity index (χ0n) is 5.19. The predicted octanol–water partition coefficient (Wildman–Crippen LogP) is 1.69. The smallest absolute Gasteiger partial charge is 0.106 e. The Morgan fingerprint density at radius 1 is 1.67 bits per heavy atom. The van der Waals surface area contributed by atoms with Gasteiger partial charge >= 0.3 is 0 Å². The molecular formula is C6H9ClN2. The average Bonchev–Trinajstić information content (AvgIpc) is 2.14. The van der Waals surface area contributed by atoms with E-state index in [1.807, 2.05) is 13.0 Å². The number of halogens is 1. The van der Waals surface area contributed by atoms with Gasteiger partial charge in [0.25, 0.3) is 0 Å². The van der Waals surface area contributed by atoms with Crippen molar-refractivity contribution in [1.82, 2.24) is 4.98 Å². The van der Waals surface area contributed by atoms with Gasteiger partial charge < -0.3 is 10.7 Å². The van der Waals surface area contributed by atoms with Gasteiger partial charge in [0.05, 0.1) is 0 Å². The fraction of sp³-hybridized carbons (Fsp3) is 0.333. The van der Waals surface area contributed by atoms with E-state index in [2.05, 4.69) is 4.98 Å². The third-order valence-electron chi connectivity index (χ3n) is 1.16. The molecule has 1 rings (SSSR count). The lowest BCUT2D eigenvalue weighted by Gasteiger charge is -1.98. The van der Waals surface area contributed by atoms with E-state index in [1.54, 1.807) is 6.07 Å². The molecule has 0 aliphatic rings. The van der Waals surface area contributed by atoms with Crippen molar-refractivity contribution in [3.63, 3.8) is 0 Å². The van der Waals surface area contributed by atoms with Gasteiger partial charge in [0.15, 0.2) is 0 Å². The Hall–Kier alpha value is -0.470. The van der Waals surface area contributed by atoms with E-state index < -0.39 is 0 Å². The lowest BCUT2D eigenvalue weighted by molar-refractivity contribution is 0.789. The first-order valence-electron chi connectivity index (χ1n) is 2.80. The molecule has 3 heteroatoms. The molecule has 1 atom stereocenters. The molecule has 1 aromatic rings. The zero-order valence-corrected chi connectivity index (χ0v) is 5.94. The molecule has 0 fully saturated rings. The number of H-pyrrole nitrogens is 1. The largest absolute Gasteiger partial charge is 0.348 e. The van der Waals surface area contributed by atoms with E-state index in [1.165, 1.54) is 0 Å². The van der Waals surface area contributed by atoms with Crippen LogP contribution in [0, 0.1) is 0 Å². The second kappa shape index (κ2) is 2.42. The maximum atomic E-state index is 5.59. The Morgan fingerprint density at radius 3 is 2.56 bits per heavy atom. The van der Waals surface area contributed by atoms with Crippen molar-refractivity contribution in [2.75, 3.05) is 0 Å². The first kappa shape index (κ1) is 6.65. The van der Waals surface area contributed by atoms with E-state index in [-0.39, 0.29) is 6.04 Å². The highest BCUT2D eigenvalue weighted by Gasteiger charge is 1.99. The van der Waals surface area contributed by atoms with Crippen LogP contribution in [0.4, 0.5) is 0 Å². The molecule has 0 aliphatic carbocycles. The minimum absolute atomic E-state index is 0.0394. The Morgan fingerprint density at radius 2 is 2.33 bits per heavy atom. The van der Waals surface area contributed by atoms with Gasteiger partial charge in [0.2, 0.25) is 0 Å². The standard InChI is InChI=1S/C6H9ClN2/c1-4(8)5-2-3-6(7)9-5/h2-4,9H,8H2,1H3/t4-/m1/s1. The van der Waals surface area contributed by atoms with E-state index in [9.17, 15) is 0 Å². The third kappa shape index (κ3) is 1.47. The van der Waals surface area contributed by atoms with Crippen molar-refractivity contribution in [3.8, 4) is 0 Å². The van der Waals surface area contributed by atoms with Crippen LogP contribution in [0.5, 0.6) is 0 Å². The summed E-state index contributed by atoms with van der Waals surface area (Å²) in [6, 6.07) is 3.71. The predicted molar refractivity (Wildman–Crippen MR) is 38.4 cm³/mol. The fourth-order valence-electron chi connectivity index (χ4n) is 0.650. The molecule has 0 aromatic carbocycles. The Labute approximate surface area is 59.0 Å². The van der Waals surface area contributed by atoms with Crippen LogP contribution in [0.15, 0.2) is 12.1 Å². The van der Waals surface area contributed by atoms with Crippen LogP contribution in [-0.4, -0.2) is 4.98 Å². The summed E-state index contributed by atoms with van der Waals surface area (Å²) in [6.45, 7) is 1.90. The normalized spacial score (nSPS) is 13.7. The van der Waals surface area contributed by atoms with Crippen molar-refractivity contribution in [2.45, 2.75) is 13.0 Å². The van der Waals surface area contributed by atoms with Crippen LogP contribution in [-0.2, 0) is 0 Å². The minimum Gasteiger partial charge on any atom is -0.348 e. The highest BCUT2D eigenvalue weighted by Crippen LogP contribution is 2.11. The number of hydrogen-bond acceptors (Lipinski definition) is 1. The molecule has 0 spiro atoms. The molecule has 0 radical (unpaired) electrons. The van der Waals surface area contributed by atoms with E-state index >= 15 is 0 Å². The zero-order chi connectivity index (χ0) is 6.85. The Bertz CT molecular complexity index is 193. The lowest BCUT2D eigenvalue weighted by Crippen LogP contribution is -2.04. The van der Waals surface area contributed by atoms with Gasteiger partial charge in [0.1, 0.15) is 5.15 Å². The number of rotatable bonds is 1. The van der Waals surface area contributed by atoms with Crippen LogP contribution in [0.1, 0.15) is 18.7 Å². The summed E-state index contributed by atoms with van der Waals surface area (Å²) in [5, 5.41) is 0.641. The minimum atomic E-state index is 0.0394. The topological polar surface area (TPSA) is 41.8 Å². The molecule has 1 aromatic heterocycles. The van der Waals surface area contributed by atoms with Crippen LogP contribution in [0.25, 0.3) is 0 Å². The maximum absolute atomic E-state index is 5.59. The first-order chi connectivity index (χ1) is 4.20. The molecular weight excluding hydrogens is 136 g/mol. The van der Waals surface area contributed by atoms with Crippen molar-refractivity contribution in [3.05, 3.63) is 23.0 Å². The van der Waals surface area contributed by atoms with E-state index in [0.717, 1.165) is 5.69 Å². The number of aromatic amines is 1. The highest BCUT2D eigenvalue weighted by atomic mass is 35.5. The van der Waals surface area contributed by atoms with Gasteiger partial charge in [-0.25, -0.2) is 0 Å². The first-order valence-corrected chi connectivity index (χ1v) is 3.18. The fourth-order valence-corrected chi connectivity index (χ4v) is 0.822. The van der Waals surface area contributed by atoms with Gasteiger partial charge in [-0.3, -0.25) is 0 Å². The second-order valence-corrected chi connectivity index (χ2v) is 2.46. The van der Waals surface area contributed by atoms with Crippen LogP contribution in [0.2, 0.25) is 5.15 Å². The summed E-state index contributed by atoms with van der Waals surface area (Å²) in [5.74, 6) is 0. The monoisotopic (exact) mass is 144 g/mol. The van der Waals surface area contributed by atoms with Crippen molar-refractivity contribution < 1.29 is 0 Å². The quantitative estimate of drug-likeness (QED) is 0.619. The van der Waals surface area contributed by atoms with Gasteiger partial charge in [-0.2, -0.15) is 0 Å². The molecule has 0 unspecified atom stereocenters. The summed E-state index contributed by atoms with van der Waals surface area (Å²) in [4.78, 5) is 2.92. The molecule has 1 heterocycles. The number of nitrogens with one attached hydrogen (secondary N) is 1. The number of aromatic nitrogens is 1. The summed E-state index contributed by atoms with van der Waals surface area (Å²) in [6.07, 6.45) is 0. The van der Waals surface area contributed by atoms with E-state index in [0.29, 0.717) is 5.15 Å².